The van der Waals surface area contributed by atoms with Crippen LogP contribution in [0.2, 0.25) is 5.02 Å². The van der Waals surface area contributed by atoms with Crippen molar-refractivity contribution in [2.24, 2.45) is 0 Å². The molecule has 0 saturated heterocycles. The Morgan fingerprint density at radius 1 is 1.43 bits per heavy atom. The summed E-state index contributed by atoms with van der Waals surface area (Å²) < 4.78 is 23.0. The number of carbonyl (C=O) groups is 1. The average molecular weight is 414 g/mol. The predicted molar refractivity (Wildman–Crippen MR) is 108 cm³/mol. The molecule has 28 heavy (non-hydrogen) atoms. The maximum atomic E-state index is 11.9. The highest BCUT2D eigenvalue weighted by Crippen LogP contribution is 2.37. The van der Waals surface area contributed by atoms with E-state index in [2.05, 4.69) is 5.32 Å². The quantitative estimate of drug-likeness (QED) is 0.741. The van der Waals surface area contributed by atoms with Crippen LogP contribution in [0.1, 0.15) is 53.2 Å². The molecule has 1 amide bonds. The van der Waals surface area contributed by atoms with E-state index < -0.39 is 30.5 Å². The molecule has 2 heterocycles. The average Bonchev–Trinajstić information content (AvgIpc) is 2.91. The van der Waals surface area contributed by atoms with Crippen molar-refractivity contribution in [1.29, 1.82) is 0 Å². The molecule has 2 atom stereocenters. The molecule has 0 aliphatic carbocycles. The van der Waals surface area contributed by atoms with E-state index in [4.69, 9.17) is 30.4 Å². The zero-order valence-electron chi connectivity index (χ0n) is 17.3. The van der Waals surface area contributed by atoms with Crippen molar-refractivity contribution in [3.8, 4) is 5.75 Å². The highest BCUT2D eigenvalue weighted by Gasteiger charge is 2.47. The van der Waals surface area contributed by atoms with Crippen LogP contribution >= 0.6 is 11.6 Å². The molecule has 3 rings (SSSR count). The lowest BCUT2D eigenvalue weighted by molar-refractivity contribution is -0.0270. The number of rotatable bonds is 3. The number of aliphatic hydroxyl groups is 1. The Bertz CT molecular complexity index is 710. The van der Waals surface area contributed by atoms with E-state index in [-0.39, 0.29) is 19.8 Å². The summed E-state index contributed by atoms with van der Waals surface area (Å²) in [5.74, 6) is 0.603. The van der Waals surface area contributed by atoms with Crippen LogP contribution in [-0.2, 0) is 14.0 Å². The minimum atomic E-state index is -0.902. The smallest absolute Gasteiger partial charge is 0.491 e. The van der Waals surface area contributed by atoms with E-state index in [1.54, 1.807) is 39.8 Å². The van der Waals surface area contributed by atoms with Gasteiger partial charge in [-0.05, 0) is 39.8 Å². The van der Waals surface area contributed by atoms with Crippen LogP contribution in [0.5, 0.6) is 5.75 Å². The van der Waals surface area contributed by atoms with Gasteiger partial charge in [0.1, 0.15) is 23.6 Å². The van der Waals surface area contributed by atoms with Gasteiger partial charge in [0.15, 0.2) is 0 Å². The number of ether oxygens (including phenoxy) is 2. The number of hydrogen-bond donors (Lipinski definition) is 2. The van der Waals surface area contributed by atoms with Crippen LogP contribution in [0.15, 0.2) is 12.1 Å². The Morgan fingerprint density at radius 2 is 2.11 bits per heavy atom. The maximum Gasteiger partial charge on any atom is 0.499 e. The van der Waals surface area contributed by atoms with E-state index in [9.17, 15) is 9.90 Å². The van der Waals surface area contributed by atoms with Crippen LogP contribution in [0.25, 0.3) is 0 Å². The molecule has 9 heteroatoms. The first kappa shape index (κ1) is 22.8. The molecule has 2 N–H and O–H groups in total. The third kappa shape index (κ3) is 5.11. The van der Waals surface area contributed by atoms with Gasteiger partial charge in [-0.1, -0.05) is 25.4 Å². The van der Waals surface area contributed by atoms with Gasteiger partial charge in [0.05, 0.1) is 12.7 Å². The van der Waals surface area contributed by atoms with Gasteiger partial charge >= 0.3 is 13.2 Å². The molecular formula is C19H29BClNO6. The number of aliphatic hydroxyl groups excluding tert-OH is 1. The van der Waals surface area contributed by atoms with Crippen molar-refractivity contribution in [2.75, 3.05) is 19.8 Å². The minimum absolute atomic E-state index is 0.167. The number of benzene rings is 1. The Morgan fingerprint density at radius 3 is 2.71 bits per heavy atom. The summed E-state index contributed by atoms with van der Waals surface area (Å²) in [5.41, 5.74) is -0.0777. The Hall–Kier alpha value is -1.48. The summed E-state index contributed by atoms with van der Waals surface area (Å²) in [6, 6.07) is 3.48. The van der Waals surface area contributed by atoms with Crippen molar-refractivity contribution in [3.05, 3.63) is 22.7 Å². The Balaban J connectivity index is 0.00000136. The van der Waals surface area contributed by atoms with Crippen LogP contribution in [-0.4, -0.2) is 49.3 Å². The number of carbonyl (C=O) groups excluding carboxylic acids is 1. The fourth-order valence-electron chi connectivity index (χ4n) is 2.90. The molecule has 0 bridgehead atoms. The number of alkyl carbamates (subject to hydrolysis) is 1. The van der Waals surface area contributed by atoms with Crippen molar-refractivity contribution in [2.45, 2.75) is 58.8 Å². The molecule has 2 aliphatic rings. The minimum Gasteiger partial charge on any atom is -0.491 e. The third-order valence-corrected chi connectivity index (χ3v) is 4.46. The lowest BCUT2D eigenvalue weighted by Crippen LogP contribution is -2.45. The van der Waals surface area contributed by atoms with E-state index in [1.165, 1.54) is 0 Å². The lowest BCUT2D eigenvalue weighted by Gasteiger charge is -2.27. The number of hydrogen-bond acceptors (Lipinski definition) is 6. The maximum absolute atomic E-state index is 11.9. The standard InChI is InChI=1S/C17H23BClNO6.C2H6/c1-16(2,3)24-15(22)20-7-12-13-10(19)5-6-11-14(13)18(25-12)26-17(4,8-21)9-23-11;1-2/h5-6,12,21H,7-9H2,1-4H3,(H,20,22);1-2H3. The zero-order valence-corrected chi connectivity index (χ0v) is 18.1. The highest BCUT2D eigenvalue weighted by molar-refractivity contribution is 6.65. The first-order valence-electron chi connectivity index (χ1n) is 9.48. The van der Waals surface area contributed by atoms with Crippen LogP contribution < -0.4 is 15.5 Å². The van der Waals surface area contributed by atoms with E-state index in [0.29, 0.717) is 21.8 Å². The summed E-state index contributed by atoms with van der Waals surface area (Å²) >= 11 is 6.38. The second kappa shape index (κ2) is 8.90. The van der Waals surface area contributed by atoms with Crippen LogP contribution in [0, 0.1) is 0 Å². The summed E-state index contributed by atoms with van der Waals surface area (Å²) in [6.45, 7) is 11.3. The summed E-state index contributed by atoms with van der Waals surface area (Å²) in [7, 11) is -0.733. The van der Waals surface area contributed by atoms with Gasteiger partial charge in [-0.3, -0.25) is 0 Å². The second-order valence-electron chi connectivity index (χ2n) is 7.73. The van der Waals surface area contributed by atoms with Crippen molar-refractivity contribution >= 4 is 30.3 Å². The topological polar surface area (TPSA) is 86.3 Å². The van der Waals surface area contributed by atoms with Crippen LogP contribution in [0.3, 0.4) is 0 Å². The van der Waals surface area contributed by atoms with Gasteiger partial charge in [0, 0.05) is 22.6 Å². The van der Waals surface area contributed by atoms with Gasteiger partial charge in [0.25, 0.3) is 0 Å². The third-order valence-electron chi connectivity index (χ3n) is 4.13. The monoisotopic (exact) mass is 413 g/mol. The molecule has 2 aliphatic heterocycles. The largest absolute Gasteiger partial charge is 0.499 e. The second-order valence-corrected chi connectivity index (χ2v) is 8.13. The van der Waals surface area contributed by atoms with Gasteiger partial charge in [-0.15, -0.1) is 0 Å². The molecule has 0 fully saturated rings. The van der Waals surface area contributed by atoms with E-state index in [0.717, 1.165) is 0 Å². The van der Waals surface area contributed by atoms with Crippen molar-refractivity contribution in [1.82, 2.24) is 5.32 Å². The normalized spacial score (nSPS) is 23.0. The molecule has 0 spiro atoms. The Labute approximate surface area is 171 Å². The fraction of sp³-hybridized carbons (Fsp3) is 0.632. The van der Waals surface area contributed by atoms with E-state index in [1.807, 2.05) is 13.8 Å². The SMILES string of the molecule is CC.CC(C)(C)OC(=O)NCC1OB2OC(C)(CO)COc3ccc(Cl)c1c32. The molecule has 0 radical (unpaired) electrons. The zero-order chi connectivity index (χ0) is 21.1. The highest BCUT2D eigenvalue weighted by atomic mass is 35.5. The van der Waals surface area contributed by atoms with Crippen molar-refractivity contribution in [3.63, 3.8) is 0 Å². The molecule has 156 valence electrons. The summed E-state index contributed by atoms with van der Waals surface area (Å²) in [4.78, 5) is 11.9. The van der Waals surface area contributed by atoms with Crippen molar-refractivity contribution < 1.29 is 28.7 Å². The van der Waals surface area contributed by atoms with E-state index >= 15 is 0 Å². The lowest BCUT2D eigenvalue weighted by atomic mass is 9.77. The van der Waals surface area contributed by atoms with Gasteiger partial charge in [0.2, 0.25) is 0 Å². The summed E-state index contributed by atoms with van der Waals surface area (Å²) in [6.07, 6.45) is -1.05. The fourth-order valence-corrected chi connectivity index (χ4v) is 3.19. The number of amides is 1. The van der Waals surface area contributed by atoms with Gasteiger partial charge < -0.3 is 29.2 Å². The number of halogens is 1. The molecule has 0 aromatic heterocycles. The first-order valence-corrected chi connectivity index (χ1v) is 9.86. The number of nitrogens with one attached hydrogen (secondary N) is 1. The molecular weight excluding hydrogens is 384 g/mol. The Kier molecular flexibility index (Phi) is 7.25. The molecule has 1 aromatic rings. The first-order chi connectivity index (χ1) is 13.1. The molecule has 0 saturated carbocycles. The summed E-state index contributed by atoms with van der Waals surface area (Å²) in [5, 5.41) is 12.8. The molecule has 2 unspecified atom stereocenters. The molecule has 1 aromatic carbocycles. The predicted octanol–water partition coefficient (Wildman–Crippen LogP) is 2.82. The van der Waals surface area contributed by atoms with Gasteiger partial charge in [-0.25, -0.2) is 4.79 Å². The van der Waals surface area contributed by atoms with Gasteiger partial charge in [-0.2, -0.15) is 0 Å². The van der Waals surface area contributed by atoms with Crippen LogP contribution in [0.4, 0.5) is 4.79 Å². The molecule has 7 nitrogen and oxygen atoms in total.